The van der Waals surface area contributed by atoms with Crippen molar-refractivity contribution in [2.75, 3.05) is 0 Å². The number of hydrogen-bond donors (Lipinski definition) is 0. The van der Waals surface area contributed by atoms with E-state index in [4.69, 9.17) is 16.3 Å². The number of fused-ring (bicyclic) bond motifs is 1. The van der Waals surface area contributed by atoms with Crippen LogP contribution in [0.15, 0.2) is 48.8 Å². The van der Waals surface area contributed by atoms with Gasteiger partial charge in [-0.2, -0.15) is 0 Å². The molecule has 0 atom stereocenters. The highest BCUT2D eigenvalue weighted by Gasteiger charge is 2.31. The summed E-state index contributed by atoms with van der Waals surface area (Å²) in [5.41, 5.74) is 0. The SMILES string of the molecule is FC(F)(F)Oc1cccc(Oc2nccc3ccnc(Cl)c23)c1. The van der Waals surface area contributed by atoms with Crippen LogP contribution in [0, 0.1) is 0 Å². The van der Waals surface area contributed by atoms with Gasteiger partial charge in [-0.1, -0.05) is 17.7 Å². The highest BCUT2D eigenvalue weighted by Crippen LogP contribution is 2.33. The summed E-state index contributed by atoms with van der Waals surface area (Å²) < 4.78 is 46.2. The van der Waals surface area contributed by atoms with Crippen LogP contribution in [0.2, 0.25) is 5.15 Å². The van der Waals surface area contributed by atoms with E-state index in [0.29, 0.717) is 5.39 Å². The molecule has 0 saturated carbocycles. The Morgan fingerprint density at radius 1 is 0.957 bits per heavy atom. The number of nitrogens with zero attached hydrogens (tertiary/aromatic N) is 2. The molecule has 118 valence electrons. The number of benzene rings is 1. The van der Waals surface area contributed by atoms with Gasteiger partial charge in [0.05, 0.1) is 5.39 Å². The van der Waals surface area contributed by atoms with Gasteiger partial charge in [0.2, 0.25) is 5.88 Å². The minimum absolute atomic E-state index is 0.131. The molecular weight excluding hydrogens is 333 g/mol. The second kappa shape index (κ2) is 5.92. The van der Waals surface area contributed by atoms with Gasteiger partial charge >= 0.3 is 6.36 Å². The number of pyridine rings is 2. The van der Waals surface area contributed by atoms with E-state index in [0.717, 1.165) is 11.5 Å². The molecule has 8 heteroatoms. The molecule has 0 fully saturated rings. The van der Waals surface area contributed by atoms with Crippen molar-refractivity contribution in [3.63, 3.8) is 0 Å². The molecule has 3 rings (SSSR count). The van der Waals surface area contributed by atoms with Gasteiger partial charge in [-0.05, 0) is 29.7 Å². The van der Waals surface area contributed by atoms with Crippen LogP contribution in [-0.2, 0) is 0 Å². The third-order valence-corrected chi connectivity index (χ3v) is 3.14. The summed E-state index contributed by atoms with van der Waals surface area (Å²) in [5.74, 6) is -0.115. The third kappa shape index (κ3) is 3.62. The molecule has 2 aromatic heterocycles. The molecule has 23 heavy (non-hydrogen) atoms. The zero-order chi connectivity index (χ0) is 16.4. The fourth-order valence-corrected chi connectivity index (χ4v) is 2.22. The Hall–Kier alpha value is -2.54. The first-order valence-corrected chi connectivity index (χ1v) is 6.73. The first-order valence-electron chi connectivity index (χ1n) is 6.35. The molecule has 0 radical (unpaired) electrons. The molecule has 3 aromatic rings. The van der Waals surface area contributed by atoms with Crippen molar-refractivity contribution in [2.24, 2.45) is 0 Å². The molecule has 0 N–H and O–H groups in total. The molecule has 0 aliphatic carbocycles. The smallest absolute Gasteiger partial charge is 0.438 e. The maximum absolute atomic E-state index is 12.3. The molecule has 4 nitrogen and oxygen atoms in total. The Bertz CT molecular complexity index is 850. The van der Waals surface area contributed by atoms with Crippen LogP contribution >= 0.6 is 11.6 Å². The van der Waals surface area contributed by atoms with Crippen molar-refractivity contribution in [1.82, 2.24) is 9.97 Å². The molecular formula is C15H8ClF3N2O2. The predicted octanol–water partition coefficient (Wildman–Crippen LogP) is 4.97. The Labute approximate surface area is 133 Å². The maximum Gasteiger partial charge on any atom is 0.573 e. The van der Waals surface area contributed by atoms with E-state index in [1.165, 1.54) is 30.6 Å². The first kappa shape index (κ1) is 15.4. The zero-order valence-electron chi connectivity index (χ0n) is 11.3. The number of ether oxygens (including phenoxy) is 2. The minimum atomic E-state index is -4.77. The van der Waals surface area contributed by atoms with E-state index in [1.807, 2.05) is 0 Å². The lowest BCUT2D eigenvalue weighted by Gasteiger charge is -2.11. The van der Waals surface area contributed by atoms with Crippen LogP contribution in [0.3, 0.4) is 0 Å². The van der Waals surface area contributed by atoms with Crippen molar-refractivity contribution in [2.45, 2.75) is 6.36 Å². The lowest BCUT2D eigenvalue weighted by molar-refractivity contribution is -0.274. The number of rotatable bonds is 3. The average molecular weight is 341 g/mol. The number of aromatic nitrogens is 2. The van der Waals surface area contributed by atoms with Gasteiger partial charge in [0.15, 0.2) is 0 Å². The summed E-state index contributed by atoms with van der Waals surface area (Å²) in [4.78, 5) is 8.01. The number of alkyl halides is 3. The second-order valence-corrected chi connectivity index (χ2v) is 4.80. The van der Waals surface area contributed by atoms with Crippen molar-refractivity contribution in [3.05, 3.63) is 53.9 Å². The van der Waals surface area contributed by atoms with Gasteiger partial charge in [0, 0.05) is 18.5 Å². The normalized spacial score (nSPS) is 11.5. The molecule has 0 unspecified atom stereocenters. The highest BCUT2D eigenvalue weighted by atomic mass is 35.5. The fourth-order valence-electron chi connectivity index (χ4n) is 1.97. The van der Waals surface area contributed by atoms with Crippen LogP contribution < -0.4 is 9.47 Å². The van der Waals surface area contributed by atoms with Gasteiger partial charge < -0.3 is 9.47 Å². The van der Waals surface area contributed by atoms with Gasteiger partial charge in [0.1, 0.15) is 16.7 Å². The number of hydrogen-bond acceptors (Lipinski definition) is 4. The molecule has 2 heterocycles. The molecule has 0 aliphatic rings. The van der Waals surface area contributed by atoms with Crippen LogP contribution in [0.5, 0.6) is 17.4 Å². The van der Waals surface area contributed by atoms with E-state index < -0.39 is 6.36 Å². The van der Waals surface area contributed by atoms with E-state index in [9.17, 15) is 13.2 Å². The largest absolute Gasteiger partial charge is 0.573 e. The summed E-state index contributed by atoms with van der Waals surface area (Å²) in [6.45, 7) is 0. The van der Waals surface area contributed by atoms with Crippen LogP contribution in [0.4, 0.5) is 13.2 Å². The molecule has 1 aromatic carbocycles. The summed E-state index contributed by atoms with van der Waals surface area (Å²) in [7, 11) is 0. The van der Waals surface area contributed by atoms with Crippen molar-refractivity contribution in [3.8, 4) is 17.4 Å². The monoisotopic (exact) mass is 340 g/mol. The van der Waals surface area contributed by atoms with E-state index in [1.54, 1.807) is 12.1 Å². The Kier molecular flexibility index (Phi) is 3.96. The van der Waals surface area contributed by atoms with Crippen LogP contribution in [-0.4, -0.2) is 16.3 Å². The lowest BCUT2D eigenvalue weighted by Crippen LogP contribution is -2.17. The molecule has 0 bridgehead atoms. The second-order valence-electron chi connectivity index (χ2n) is 4.44. The van der Waals surface area contributed by atoms with Crippen molar-refractivity contribution >= 4 is 22.4 Å². The minimum Gasteiger partial charge on any atom is -0.438 e. The standard InChI is InChI=1S/C15H8ClF3N2O2/c16-13-12-9(4-6-20-13)5-7-21-14(12)22-10-2-1-3-11(8-10)23-15(17,18)19/h1-8H. The average Bonchev–Trinajstić information content (AvgIpc) is 2.46. The van der Waals surface area contributed by atoms with E-state index in [2.05, 4.69) is 14.7 Å². The summed E-state index contributed by atoms with van der Waals surface area (Å²) >= 11 is 6.04. The van der Waals surface area contributed by atoms with Crippen molar-refractivity contribution < 1.29 is 22.6 Å². The van der Waals surface area contributed by atoms with Crippen LogP contribution in [0.25, 0.3) is 10.8 Å². The maximum atomic E-state index is 12.3. The van der Waals surface area contributed by atoms with Gasteiger partial charge in [-0.25, -0.2) is 9.97 Å². The van der Waals surface area contributed by atoms with E-state index >= 15 is 0 Å². The summed E-state index contributed by atoms with van der Waals surface area (Å²) in [5, 5.41) is 1.41. The Morgan fingerprint density at radius 2 is 1.65 bits per heavy atom. The lowest BCUT2D eigenvalue weighted by atomic mass is 10.2. The van der Waals surface area contributed by atoms with Gasteiger partial charge in [-0.15, -0.1) is 13.2 Å². The van der Waals surface area contributed by atoms with Crippen molar-refractivity contribution in [1.29, 1.82) is 0 Å². The van der Waals surface area contributed by atoms with Gasteiger partial charge in [0.25, 0.3) is 0 Å². The molecule has 0 aliphatic heterocycles. The highest BCUT2D eigenvalue weighted by molar-refractivity contribution is 6.34. The fraction of sp³-hybridized carbons (Fsp3) is 0.0667. The third-order valence-electron chi connectivity index (χ3n) is 2.85. The quantitative estimate of drug-likeness (QED) is 0.631. The van der Waals surface area contributed by atoms with E-state index in [-0.39, 0.29) is 22.5 Å². The zero-order valence-corrected chi connectivity index (χ0v) is 12.1. The molecule has 0 amide bonds. The summed E-state index contributed by atoms with van der Waals surface area (Å²) in [6, 6.07) is 8.58. The topological polar surface area (TPSA) is 44.2 Å². The summed E-state index contributed by atoms with van der Waals surface area (Å²) in [6.07, 6.45) is -1.74. The number of halogens is 4. The Morgan fingerprint density at radius 3 is 2.39 bits per heavy atom. The van der Waals surface area contributed by atoms with Crippen LogP contribution in [0.1, 0.15) is 0 Å². The first-order chi connectivity index (χ1) is 10.9. The molecule has 0 saturated heterocycles. The predicted molar refractivity (Wildman–Crippen MR) is 77.7 cm³/mol. The Balaban J connectivity index is 1.95. The van der Waals surface area contributed by atoms with Gasteiger partial charge in [-0.3, -0.25) is 0 Å². The molecule has 0 spiro atoms.